The Labute approximate surface area is 148 Å². The fraction of sp³-hybridized carbons (Fsp3) is 0.588. The number of piperidine rings is 1. The van der Waals surface area contributed by atoms with E-state index in [2.05, 4.69) is 15.5 Å². The van der Waals surface area contributed by atoms with Gasteiger partial charge in [-0.05, 0) is 26.4 Å². The van der Waals surface area contributed by atoms with Crippen molar-refractivity contribution in [2.75, 3.05) is 46.2 Å². The summed E-state index contributed by atoms with van der Waals surface area (Å²) < 4.78 is 10.5. The molecule has 2 N–H and O–H groups in total. The number of likely N-dealkylation sites (tertiary alicyclic amines) is 1. The molecule has 1 aromatic carbocycles. The van der Waals surface area contributed by atoms with Crippen molar-refractivity contribution in [1.82, 2.24) is 10.2 Å². The summed E-state index contributed by atoms with van der Waals surface area (Å²) in [6, 6.07) is 3.83. The molecular formula is C17H26ClN3O3. The molecule has 1 fully saturated rings. The number of hydrogen-bond donors (Lipinski definition) is 2. The maximum atomic E-state index is 12.3. The lowest BCUT2D eigenvalue weighted by molar-refractivity contribution is -0.116. The van der Waals surface area contributed by atoms with Crippen LogP contribution in [-0.2, 0) is 4.79 Å². The molecule has 0 aliphatic carbocycles. The highest BCUT2D eigenvalue weighted by molar-refractivity contribution is 6.32. The van der Waals surface area contributed by atoms with Gasteiger partial charge in [-0.15, -0.1) is 0 Å². The van der Waals surface area contributed by atoms with Crippen molar-refractivity contribution in [3.8, 4) is 11.5 Å². The van der Waals surface area contributed by atoms with Crippen molar-refractivity contribution in [3.63, 3.8) is 0 Å². The van der Waals surface area contributed by atoms with E-state index in [4.69, 9.17) is 21.1 Å². The fourth-order valence-corrected chi connectivity index (χ4v) is 3.16. The second-order valence-corrected chi connectivity index (χ2v) is 6.32. The molecule has 0 spiro atoms. The molecule has 7 heteroatoms. The van der Waals surface area contributed by atoms with E-state index in [9.17, 15) is 4.79 Å². The van der Waals surface area contributed by atoms with Gasteiger partial charge in [-0.3, -0.25) is 4.79 Å². The van der Waals surface area contributed by atoms with Crippen molar-refractivity contribution in [3.05, 3.63) is 17.2 Å². The fourth-order valence-electron chi connectivity index (χ4n) is 2.92. The zero-order valence-corrected chi connectivity index (χ0v) is 15.3. The third-order valence-electron chi connectivity index (χ3n) is 4.32. The Morgan fingerprint density at radius 3 is 2.75 bits per heavy atom. The number of nitrogens with zero attached hydrogens (tertiary/aromatic N) is 1. The molecule has 1 atom stereocenters. The van der Waals surface area contributed by atoms with Crippen LogP contribution < -0.4 is 20.1 Å². The van der Waals surface area contributed by atoms with Gasteiger partial charge >= 0.3 is 0 Å². The number of halogens is 1. The van der Waals surface area contributed by atoms with E-state index in [1.54, 1.807) is 19.2 Å². The van der Waals surface area contributed by atoms with Crippen molar-refractivity contribution in [2.24, 2.45) is 0 Å². The van der Waals surface area contributed by atoms with Gasteiger partial charge in [-0.25, -0.2) is 0 Å². The van der Waals surface area contributed by atoms with Gasteiger partial charge in [-0.1, -0.05) is 11.6 Å². The Morgan fingerprint density at radius 2 is 2.08 bits per heavy atom. The first-order valence-electron chi connectivity index (χ1n) is 8.18. The Balaban J connectivity index is 1.92. The monoisotopic (exact) mass is 355 g/mol. The molecular weight excluding hydrogens is 330 g/mol. The molecule has 1 aliphatic heterocycles. The minimum Gasteiger partial charge on any atom is -0.495 e. The average Bonchev–Trinajstić information content (AvgIpc) is 2.61. The number of benzene rings is 1. The number of hydrogen-bond acceptors (Lipinski definition) is 5. The van der Waals surface area contributed by atoms with Crippen molar-refractivity contribution >= 4 is 23.2 Å². The zero-order valence-electron chi connectivity index (χ0n) is 14.5. The number of rotatable bonds is 7. The third kappa shape index (κ3) is 5.00. The summed E-state index contributed by atoms with van der Waals surface area (Å²) in [5, 5.41) is 6.64. The highest BCUT2D eigenvalue weighted by atomic mass is 35.5. The first kappa shape index (κ1) is 18.8. The molecule has 1 saturated heterocycles. The molecule has 1 amide bonds. The standard InChI is InChI=1S/C17H26ClN3O3/c1-19-12-5-4-7-21(11-12)8-6-17(22)20-14-10-15(23-2)13(18)9-16(14)24-3/h9-10,12,19H,4-8,11H2,1-3H3,(H,20,22). The topological polar surface area (TPSA) is 62.8 Å². The van der Waals surface area contributed by atoms with Gasteiger partial charge in [0.05, 0.1) is 24.9 Å². The van der Waals surface area contributed by atoms with Gasteiger partial charge in [0.15, 0.2) is 0 Å². The van der Waals surface area contributed by atoms with E-state index in [1.165, 1.54) is 13.5 Å². The number of anilines is 1. The molecule has 6 nitrogen and oxygen atoms in total. The lowest BCUT2D eigenvalue weighted by Crippen LogP contribution is -2.45. The molecule has 0 saturated carbocycles. The SMILES string of the molecule is CNC1CCCN(CCC(=O)Nc2cc(OC)c(Cl)cc2OC)C1. The van der Waals surface area contributed by atoms with Crippen LogP contribution in [0.5, 0.6) is 11.5 Å². The van der Waals surface area contributed by atoms with Gasteiger partial charge in [-0.2, -0.15) is 0 Å². The zero-order chi connectivity index (χ0) is 17.5. The Kier molecular flexibility index (Phi) is 7.15. The van der Waals surface area contributed by atoms with Crippen LogP contribution in [0.2, 0.25) is 5.02 Å². The summed E-state index contributed by atoms with van der Waals surface area (Å²) >= 11 is 6.08. The maximum Gasteiger partial charge on any atom is 0.225 e. The van der Waals surface area contributed by atoms with E-state index >= 15 is 0 Å². The molecule has 134 valence electrons. The number of amides is 1. The quantitative estimate of drug-likeness (QED) is 0.786. The summed E-state index contributed by atoms with van der Waals surface area (Å²) in [5.41, 5.74) is 0.565. The van der Waals surface area contributed by atoms with Crippen molar-refractivity contribution < 1.29 is 14.3 Å². The van der Waals surface area contributed by atoms with Gasteiger partial charge in [0, 0.05) is 37.7 Å². The first-order chi connectivity index (χ1) is 11.6. The number of carbonyl (C=O) groups excluding carboxylic acids is 1. The average molecular weight is 356 g/mol. The largest absolute Gasteiger partial charge is 0.495 e. The van der Waals surface area contributed by atoms with Crippen LogP contribution in [0, 0.1) is 0 Å². The van der Waals surface area contributed by atoms with Crippen LogP contribution in [0.3, 0.4) is 0 Å². The smallest absolute Gasteiger partial charge is 0.225 e. The molecule has 2 rings (SSSR count). The Hall–Kier alpha value is -1.50. The highest BCUT2D eigenvalue weighted by Gasteiger charge is 2.19. The molecule has 1 heterocycles. The van der Waals surface area contributed by atoms with E-state index in [1.807, 2.05) is 7.05 Å². The van der Waals surface area contributed by atoms with Crippen LogP contribution in [0.1, 0.15) is 19.3 Å². The van der Waals surface area contributed by atoms with Crippen LogP contribution in [0.15, 0.2) is 12.1 Å². The number of likely N-dealkylation sites (N-methyl/N-ethyl adjacent to an activating group) is 1. The molecule has 1 unspecified atom stereocenters. The molecule has 1 aliphatic rings. The molecule has 0 bridgehead atoms. The van der Waals surface area contributed by atoms with Crippen molar-refractivity contribution in [1.29, 1.82) is 0 Å². The Morgan fingerprint density at radius 1 is 1.33 bits per heavy atom. The molecule has 24 heavy (non-hydrogen) atoms. The van der Waals surface area contributed by atoms with Crippen LogP contribution in [0.25, 0.3) is 0 Å². The predicted octanol–water partition coefficient (Wildman–Crippen LogP) is 2.37. The summed E-state index contributed by atoms with van der Waals surface area (Å²) in [7, 11) is 5.06. The number of ether oxygens (including phenoxy) is 2. The van der Waals surface area contributed by atoms with Gasteiger partial charge in [0.2, 0.25) is 5.91 Å². The van der Waals surface area contributed by atoms with E-state index in [0.29, 0.717) is 34.7 Å². The summed E-state index contributed by atoms with van der Waals surface area (Å²) in [6.45, 7) is 2.78. The van der Waals surface area contributed by atoms with Gasteiger partial charge < -0.3 is 25.0 Å². The van der Waals surface area contributed by atoms with Crippen LogP contribution >= 0.6 is 11.6 Å². The highest BCUT2D eigenvalue weighted by Crippen LogP contribution is 2.35. The summed E-state index contributed by atoms with van der Waals surface area (Å²) in [5.74, 6) is 0.965. The number of nitrogens with one attached hydrogen (secondary N) is 2. The molecule has 0 radical (unpaired) electrons. The summed E-state index contributed by atoms with van der Waals surface area (Å²) in [6.07, 6.45) is 2.79. The first-order valence-corrected chi connectivity index (χ1v) is 8.56. The second kappa shape index (κ2) is 9.11. The second-order valence-electron chi connectivity index (χ2n) is 5.91. The lowest BCUT2D eigenvalue weighted by Gasteiger charge is -2.32. The van der Waals surface area contributed by atoms with E-state index in [0.717, 1.165) is 26.1 Å². The summed E-state index contributed by atoms with van der Waals surface area (Å²) in [4.78, 5) is 14.6. The Bertz CT molecular complexity index is 568. The van der Waals surface area contributed by atoms with Crippen LogP contribution in [0.4, 0.5) is 5.69 Å². The number of methoxy groups -OCH3 is 2. The lowest BCUT2D eigenvalue weighted by atomic mass is 10.1. The number of carbonyl (C=O) groups is 1. The maximum absolute atomic E-state index is 12.3. The predicted molar refractivity (Wildman–Crippen MR) is 96.3 cm³/mol. The molecule has 1 aromatic rings. The van der Waals surface area contributed by atoms with E-state index < -0.39 is 0 Å². The van der Waals surface area contributed by atoms with Crippen molar-refractivity contribution in [2.45, 2.75) is 25.3 Å². The van der Waals surface area contributed by atoms with Gasteiger partial charge in [0.25, 0.3) is 0 Å². The van der Waals surface area contributed by atoms with E-state index in [-0.39, 0.29) is 5.91 Å². The third-order valence-corrected chi connectivity index (χ3v) is 4.61. The minimum absolute atomic E-state index is 0.0516. The van der Waals surface area contributed by atoms with Crippen LogP contribution in [-0.4, -0.2) is 57.8 Å². The molecule has 0 aromatic heterocycles. The minimum atomic E-state index is -0.0516. The van der Waals surface area contributed by atoms with Gasteiger partial charge in [0.1, 0.15) is 11.5 Å². The normalized spacial score (nSPS) is 18.2.